The summed E-state index contributed by atoms with van der Waals surface area (Å²) in [4.78, 5) is 0. The molecular formula is C7H14O4. The standard InChI is InChI=1S/C7H14O4/c8-2-1-5-3-6(10)7(4-9)11-5/h5-10H,1-4H2/t5-,6-,7+/m0/s1. The predicted molar refractivity (Wildman–Crippen MR) is 38.1 cm³/mol. The van der Waals surface area contributed by atoms with E-state index in [1.165, 1.54) is 0 Å². The predicted octanol–water partition coefficient (Wildman–Crippen LogP) is -1.12. The van der Waals surface area contributed by atoms with E-state index >= 15 is 0 Å². The van der Waals surface area contributed by atoms with Crippen molar-refractivity contribution in [2.24, 2.45) is 0 Å². The van der Waals surface area contributed by atoms with Crippen LogP contribution in [-0.4, -0.2) is 46.8 Å². The van der Waals surface area contributed by atoms with Crippen LogP contribution in [0.4, 0.5) is 0 Å². The minimum atomic E-state index is -0.573. The van der Waals surface area contributed by atoms with Crippen molar-refractivity contribution >= 4 is 0 Å². The Hall–Kier alpha value is -0.160. The van der Waals surface area contributed by atoms with Crippen LogP contribution >= 0.6 is 0 Å². The average molecular weight is 162 g/mol. The van der Waals surface area contributed by atoms with Crippen molar-refractivity contribution in [2.45, 2.75) is 31.2 Å². The van der Waals surface area contributed by atoms with Gasteiger partial charge in [-0.2, -0.15) is 0 Å². The maximum Gasteiger partial charge on any atom is 0.107 e. The number of aliphatic hydroxyl groups excluding tert-OH is 3. The van der Waals surface area contributed by atoms with Crippen molar-refractivity contribution in [1.29, 1.82) is 0 Å². The van der Waals surface area contributed by atoms with Crippen LogP contribution in [0.2, 0.25) is 0 Å². The third-order valence-corrected chi connectivity index (χ3v) is 1.93. The zero-order valence-electron chi connectivity index (χ0n) is 6.31. The minimum Gasteiger partial charge on any atom is -0.396 e. The first-order valence-electron chi connectivity index (χ1n) is 3.83. The summed E-state index contributed by atoms with van der Waals surface area (Å²) in [6.07, 6.45) is -0.0606. The Morgan fingerprint density at radius 3 is 2.55 bits per heavy atom. The van der Waals surface area contributed by atoms with Gasteiger partial charge in [-0.05, 0) is 6.42 Å². The Kier molecular flexibility index (Phi) is 3.26. The van der Waals surface area contributed by atoms with Gasteiger partial charge in [-0.25, -0.2) is 0 Å². The van der Waals surface area contributed by atoms with Gasteiger partial charge in [-0.15, -0.1) is 0 Å². The van der Waals surface area contributed by atoms with E-state index in [9.17, 15) is 5.11 Å². The highest BCUT2D eigenvalue weighted by atomic mass is 16.5. The lowest BCUT2D eigenvalue weighted by atomic mass is 10.1. The molecule has 0 saturated carbocycles. The lowest BCUT2D eigenvalue weighted by molar-refractivity contribution is -0.0269. The summed E-state index contributed by atoms with van der Waals surface area (Å²) >= 11 is 0. The van der Waals surface area contributed by atoms with Gasteiger partial charge in [0.05, 0.1) is 18.8 Å². The second-order valence-electron chi connectivity index (χ2n) is 2.79. The van der Waals surface area contributed by atoms with E-state index in [2.05, 4.69) is 0 Å². The number of aliphatic hydroxyl groups is 3. The molecule has 0 aromatic rings. The molecule has 66 valence electrons. The molecule has 0 bridgehead atoms. The van der Waals surface area contributed by atoms with Gasteiger partial charge >= 0.3 is 0 Å². The lowest BCUT2D eigenvalue weighted by Crippen LogP contribution is -2.24. The summed E-state index contributed by atoms with van der Waals surface area (Å²) in [6, 6.07) is 0. The third-order valence-electron chi connectivity index (χ3n) is 1.93. The molecule has 0 aromatic heterocycles. The Balaban J connectivity index is 2.30. The minimum absolute atomic E-state index is 0.0650. The highest BCUT2D eigenvalue weighted by Crippen LogP contribution is 2.21. The molecule has 0 amide bonds. The second-order valence-corrected chi connectivity index (χ2v) is 2.79. The molecule has 0 unspecified atom stereocenters. The SMILES string of the molecule is OCC[C@H]1C[C@H](O)[C@@H](CO)O1. The first-order valence-corrected chi connectivity index (χ1v) is 3.83. The van der Waals surface area contributed by atoms with Crippen molar-refractivity contribution < 1.29 is 20.1 Å². The number of rotatable bonds is 3. The van der Waals surface area contributed by atoms with Gasteiger partial charge < -0.3 is 20.1 Å². The molecule has 3 N–H and O–H groups in total. The third kappa shape index (κ3) is 2.13. The van der Waals surface area contributed by atoms with Crippen LogP contribution in [0.3, 0.4) is 0 Å². The number of hydrogen-bond acceptors (Lipinski definition) is 4. The number of ether oxygens (including phenoxy) is 1. The first-order chi connectivity index (χ1) is 5.27. The van der Waals surface area contributed by atoms with Crippen molar-refractivity contribution in [3.05, 3.63) is 0 Å². The van der Waals surface area contributed by atoms with Gasteiger partial charge in [0.25, 0.3) is 0 Å². The van der Waals surface area contributed by atoms with Crippen LogP contribution in [0.1, 0.15) is 12.8 Å². The first kappa shape index (κ1) is 8.93. The molecule has 3 atom stereocenters. The fourth-order valence-corrected chi connectivity index (χ4v) is 1.31. The Bertz CT molecular complexity index is 117. The maximum absolute atomic E-state index is 9.22. The summed E-state index contributed by atoms with van der Waals surface area (Å²) in [7, 11) is 0. The molecule has 0 radical (unpaired) electrons. The molecule has 1 fully saturated rings. The summed E-state index contributed by atoms with van der Waals surface area (Å²) in [5, 5.41) is 26.4. The van der Waals surface area contributed by atoms with E-state index in [1.54, 1.807) is 0 Å². The summed E-state index contributed by atoms with van der Waals surface area (Å²) in [5.41, 5.74) is 0. The van der Waals surface area contributed by atoms with Gasteiger partial charge in [0.2, 0.25) is 0 Å². The topological polar surface area (TPSA) is 69.9 Å². The number of hydrogen-bond donors (Lipinski definition) is 3. The quantitative estimate of drug-likeness (QED) is 0.491. The van der Waals surface area contributed by atoms with Crippen LogP contribution < -0.4 is 0 Å². The Morgan fingerprint density at radius 2 is 2.09 bits per heavy atom. The molecule has 0 aliphatic carbocycles. The van der Waals surface area contributed by atoms with E-state index in [4.69, 9.17) is 14.9 Å². The van der Waals surface area contributed by atoms with Crippen molar-refractivity contribution in [3.63, 3.8) is 0 Å². The molecule has 11 heavy (non-hydrogen) atoms. The van der Waals surface area contributed by atoms with Crippen LogP contribution in [0.5, 0.6) is 0 Å². The molecule has 4 heteroatoms. The Labute approximate surface area is 65.4 Å². The van der Waals surface area contributed by atoms with Crippen LogP contribution in [0.15, 0.2) is 0 Å². The fourth-order valence-electron chi connectivity index (χ4n) is 1.31. The Morgan fingerprint density at radius 1 is 1.36 bits per heavy atom. The van der Waals surface area contributed by atoms with Gasteiger partial charge in [0, 0.05) is 13.0 Å². The zero-order chi connectivity index (χ0) is 8.27. The van der Waals surface area contributed by atoms with E-state index in [0.717, 1.165) is 0 Å². The molecule has 1 heterocycles. The average Bonchev–Trinajstić information content (AvgIpc) is 2.32. The molecule has 1 aliphatic rings. The largest absolute Gasteiger partial charge is 0.396 e. The van der Waals surface area contributed by atoms with Gasteiger partial charge in [-0.3, -0.25) is 0 Å². The maximum atomic E-state index is 9.22. The van der Waals surface area contributed by atoms with Crippen molar-refractivity contribution in [1.82, 2.24) is 0 Å². The summed E-state index contributed by atoms with van der Waals surface area (Å²) < 4.78 is 5.20. The van der Waals surface area contributed by atoms with E-state index in [-0.39, 0.29) is 19.3 Å². The highest BCUT2D eigenvalue weighted by Gasteiger charge is 2.32. The van der Waals surface area contributed by atoms with E-state index in [0.29, 0.717) is 12.8 Å². The second kappa shape index (κ2) is 4.01. The molecule has 0 spiro atoms. The normalized spacial score (nSPS) is 37.9. The van der Waals surface area contributed by atoms with Gasteiger partial charge in [0.1, 0.15) is 6.10 Å². The van der Waals surface area contributed by atoms with E-state index < -0.39 is 12.2 Å². The molecule has 4 nitrogen and oxygen atoms in total. The molecule has 1 saturated heterocycles. The lowest BCUT2D eigenvalue weighted by Gasteiger charge is -2.10. The van der Waals surface area contributed by atoms with E-state index in [1.807, 2.05) is 0 Å². The van der Waals surface area contributed by atoms with Crippen molar-refractivity contribution in [3.8, 4) is 0 Å². The summed E-state index contributed by atoms with van der Waals surface area (Å²) in [5.74, 6) is 0. The highest BCUT2D eigenvalue weighted by molar-refractivity contribution is 4.81. The van der Waals surface area contributed by atoms with Gasteiger partial charge in [-0.1, -0.05) is 0 Å². The van der Waals surface area contributed by atoms with Crippen molar-refractivity contribution in [2.75, 3.05) is 13.2 Å². The summed E-state index contributed by atoms with van der Waals surface area (Å²) in [6.45, 7) is -0.0847. The van der Waals surface area contributed by atoms with Gasteiger partial charge in [0.15, 0.2) is 0 Å². The molecule has 0 aromatic carbocycles. The van der Waals surface area contributed by atoms with Crippen LogP contribution in [0.25, 0.3) is 0 Å². The molecule has 1 aliphatic heterocycles. The smallest absolute Gasteiger partial charge is 0.107 e. The van der Waals surface area contributed by atoms with Crippen LogP contribution in [0, 0.1) is 0 Å². The fraction of sp³-hybridized carbons (Fsp3) is 1.00. The monoisotopic (exact) mass is 162 g/mol. The molecular weight excluding hydrogens is 148 g/mol. The molecule has 1 rings (SSSR count). The zero-order valence-corrected chi connectivity index (χ0v) is 6.31. The van der Waals surface area contributed by atoms with Crippen LogP contribution in [-0.2, 0) is 4.74 Å².